The van der Waals surface area contributed by atoms with E-state index < -0.39 is 24.3 Å². The van der Waals surface area contributed by atoms with Crippen LogP contribution in [0.2, 0.25) is 0 Å². The summed E-state index contributed by atoms with van der Waals surface area (Å²) < 4.78 is 22.7. The molecule has 85 heavy (non-hydrogen) atoms. The van der Waals surface area contributed by atoms with Gasteiger partial charge < -0.3 is 33.3 Å². The van der Waals surface area contributed by atoms with E-state index in [1.807, 2.05) is 21.1 Å². The highest BCUT2D eigenvalue weighted by Gasteiger charge is 2.22. The Labute approximate surface area is 522 Å². The van der Waals surface area contributed by atoms with Gasteiger partial charge in [-0.25, -0.2) is 0 Å². The van der Waals surface area contributed by atoms with Gasteiger partial charge in [0.1, 0.15) is 13.2 Å². The number of esters is 2. The maximum atomic E-state index is 12.9. The second-order valence-corrected chi connectivity index (χ2v) is 23.4. The minimum atomic E-state index is -1.63. The molecule has 0 fully saturated rings. The molecule has 0 aromatic heterocycles. The van der Waals surface area contributed by atoms with E-state index in [2.05, 4.69) is 160 Å². The van der Waals surface area contributed by atoms with Crippen LogP contribution in [0.15, 0.2) is 146 Å². The van der Waals surface area contributed by atoms with E-state index in [0.29, 0.717) is 17.4 Å². The van der Waals surface area contributed by atoms with E-state index in [0.717, 1.165) is 122 Å². The van der Waals surface area contributed by atoms with Gasteiger partial charge in [-0.15, -0.1) is 0 Å². The van der Waals surface area contributed by atoms with Crippen LogP contribution in [0.25, 0.3) is 0 Å². The highest BCUT2D eigenvalue weighted by Crippen LogP contribution is 2.16. The number of carboxylic acids is 1. The number of likely N-dealkylation sites (N-methyl/N-ethyl adjacent to an activating group) is 1. The van der Waals surface area contributed by atoms with Crippen molar-refractivity contribution >= 4 is 17.9 Å². The lowest BCUT2D eigenvalue weighted by Crippen LogP contribution is -2.44. The first-order valence-corrected chi connectivity index (χ1v) is 34.0. The van der Waals surface area contributed by atoms with E-state index in [1.165, 1.54) is 103 Å². The van der Waals surface area contributed by atoms with Crippen LogP contribution in [0, 0.1) is 0 Å². The Kier molecular flexibility index (Phi) is 61.4. The zero-order valence-electron chi connectivity index (χ0n) is 54.9. The first-order chi connectivity index (χ1) is 41.6. The molecular weight excluding hydrogens is 1050 g/mol. The fraction of sp³-hybridized carbons (Fsp3) is 0.645. The molecule has 9 heteroatoms. The maximum Gasteiger partial charge on any atom is 0.306 e. The van der Waals surface area contributed by atoms with Gasteiger partial charge in [0.15, 0.2) is 12.4 Å². The summed E-state index contributed by atoms with van der Waals surface area (Å²) in [6.07, 6.45) is 92.0. The Hall–Kier alpha value is -4.83. The van der Waals surface area contributed by atoms with Gasteiger partial charge in [-0.2, -0.15) is 0 Å². The smallest absolute Gasteiger partial charge is 0.306 e. The van der Waals surface area contributed by atoms with Crippen LogP contribution in [-0.2, 0) is 33.3 Å². The number of carboxylic acid groups (broad SMARTS) is 1. The number of unbranched alkanes of at least 4 members (excludes halogenated alkanes) is 22. The molecule has 9 nitrogen and oxygen atoms in total. The number of carbonyl (C=O) groups excluding carboxylic acids is 3. The second kappa shape index (κ2) is 65.2. The van der Waals surface area contributed by atoms with Crippen molar-refractivity contribution in [3.05, 3.63) is 146 Å². The van der Waals surface area contributed by atoms with Crippen molar-refractivity contribution in [1.29, 1.82) is 0 Å². The fourth-order valence-electron chi connectivity index (χ4n) is 8.89. The molecule has 0 saturated carbocycles. The number of rotatable bonds is 61. The van der Waals surface area contributed by atoms with E-state index in [4.69, 9.17) is 18.9 Å². The number of hydrogen-bond acceptors (Lipinski definition) is 8. The molecule has 0 amide bonds. The van der Waals surface area contributed by atoms with Gasteiger partial charge in [-0.3, -0.25) is 9.59 Å². The highest BCUT2D eigenvalue weighted by molar-refractivity contribution is 5.70. The van der Waals surface area contributed by atoms with Gasteiger partial charge in [-0.05, 0) is 122 Å². The fourth-order valence-corrected chi connectivity index (χ4v) is 8.89. The molecule has 0 rings (SSSR count). The summed E-state index contributed by atoms with van der Waals surface area (Å²) in [5.41, 5.74) is 0. The third kappa shape index (κ3) is 66.5. The zero-order valence-corrected chi connectivity index (χ0v) is 54.9. The lowest BCUT2D eigenvalue weighted by Gasteiger charge is -2.26. The molecule has 482 valence electrons. The number of carbonyl (C=O) groups is 3. The predicted octanol–water partition coefficient (Wildman–Crippen LogP) is 19.8. The van der Waals surface area contributed by atoms with Crippen LogP contribution in [0.3, 0.4) is 0 Å². The normalized spacial score (nSPS) is 13.7. The molecule has 0 heterocycles. The molecule has 0 aliphatic heterocycles. The molecule has 2 atom stereocenters. The van der Waals surface area contributed by atoms with Crippen LogP contribution in [0.5, 0.6) is 0 Å². The number of ether oxygens (including phenoxy) is 4. The van der Waals surface area contributed by atoms with Crippen molar-refractivity contribution in [3.63, 3.8) is 0 Å². The highest BCUT2D eigenvalue weighted by atomic mass is 16.7. The SMILES string of the molecule is CC/C=C\C/C=C\C/C=C\C/C=C\C/C=C\C/C=C\C/C=C\C/C=C\C/C=C\CCCCCCCCCCCCCCCC(=O)OC(COC(=O)CCCCCCCC/C=C\C/C=C\C/C=C\CCCCC)COC(OCC[N+](C)(C)C)C(=O)[O-]. The van der Waals surface area contributed by atoms with Crippen molar-refractivity contribution in [3.8, 4) is 0 Å². The van der Waals surface area contributed by atoms with Crippen molar-refractivity contribution in [2.75, 3.05) is 47.5 Å². The lowest BCUT2D eigenvalue weighted by atomic mass is 10.0. The summed E-state index contributed by atoms with van der Waals surface area (Å²) in [7, 11) is 5.92. The van der Waals surface area contributed by atoms with Crippen molar-refractivity contribution in [2.45, 2.75) is 270 Å². The van der Waals surface area contributed by atoms with Gasteiger partial charge in [0.05, 0.1) is 40.3 Å². The van der Waals surface area contributed by atoms with Crippen LogP contribution in [0.4, 0.5) is 0 Å². The third-order valence-corrected chi connectivity index (χ3v) is 14.1. The Morgan fingerprint density at radius 3 is 1.00 bits per heavy atom. The summed E-state index contributed by atoms with van der Waals surface area (Å²) in [6, 6.07) is 0. The largest absolute Gasteiger partial charge is 0.545 e. The first kappa shape index (κ1) is 80.2. The standard InChI is InChI=1S/C76H125NO8/c1-6-8-10-12-14-16-18-20-22-24-26-27-28-29-30-31-32-33-34-35-36-37-38-39-40-41-42-43-44-45-46-47-49-51-53-55-57-59-61-63-65-67-74(79)85-72(71-84-76(75(80)81)82-69-68-77(3,4)5)70-83-73(78)66-64-62-60-58-56-54-52-50-48-25-23-21-19-17-15-13-11-9-7-2/h8,10,14-17,20-23,26-27,29-30,32-33,35-36,38-39,41-42,48,50,72,76H,6-7,9,11-13,18-19,24-25,28,31,34,37,40,43-47,49,51-71H2,1-5H3/b10-8-,16-14-,17-15-,22-20-,23-21-,27-26-,30-29-,33-32-,36-35-,39-38-,42-41-,50-48-. The van der Waals surface area contributed by atoms with E-state index >= 15 is 0 Å². The molecule has 0 radical (unpaired) electrons. The number of allylic oxidation sites excluding steroid dienone is 24. The van der Waals surface area contributed by atoms with Crippen LogP contribution in [0.1, 0.15) is 258 Å². The summed E-state index contributed by atoms with van der Waals surface area (Å²) in [4.78, 5) is 37.4. The monoisotopic (exact) mass is 1180 g/mol. The molecule has 0 aromatic carbocycles. The Bertz CT molecular complexity index is 1900. The van der Waals surface area contributed by atoms with Gasteiger partial charge in [0.2, 0.25) is 0 Å². The van der Waals surface area contributed by atoms with E-state index in [9.17, 15) is 19.5 Å². The first-order valence-electron chi connectivity index (χ1n) is 34.0. The second-order valence-electron chi connectivity index (χ2n) is 23.4. The van der Waals surface area contributed by atoms with Crippen LogP contribution < -0.4 is 5.11 Å². The topological polar surface area (TPSA) is 111 Å². The van der Waals surface area contributed by atoms with Gasteiger partial charge >= 0.3 is 11.9 Å². The summed E-state index contributed by atoms with van der Waals surface area (Å²) >= 11 is 0. The lowest BCUT2D eigenvalue weighted by molar-refractivity contribution is -0.870. The molecule has 0 spiro atoms. The maximum absolute atomic E-state index is 12.9. The molecule has 0 aliphatic carbocycles. The minimum Gasteiger partial charge on any atom is -0.545 e. The quantitative estimate of drug-likeness (QED) is 0.0195. The van der Waals surface area contributed by atoms with E-state index in [-0.39, 0.29) is 38.6 Å². The number of quaternary nitrogens is 1. The zero-order chi connectivity index (χ0) is 61.9. The summed E-state index contributed by atoms with van der Waals surface area (Å²) in [6.45, 7) is 4.58. The predicted molar refractivity (Wildman–Crippen MR) is 361 cm³/mol. The molecule has 0 aromatic rings. The van der Waals surface area contributed by atoms with Crippen LogP contribution >= 0.6 is 0 Å². The van der Waals surface area contributed by atoms with Crippen molar-refractivity contribution in [1.82, 2.24) is 0 Å². The van der Waals surface area contributed by atoms with Crippen LogP contribution in [-0.4, -0.2) is 82.3 Å². The molecule has 0 bridgehead atoms. The van der Waals surface area contributed by atoms with Gasteiger partial charge in [0.25, 0.3) is 0 Å². The molecule has 2 unspecified atom stereocenters. The number of nitrogens with zero attached hydrogens (tertiary/aromatic N) is 1. The summed E-state index contributed by atoms with van der Waals surface area (Å²) in [5.74, 6) is -2.31. The van der Waals surface area contributed by atoms with Gasteiger partial charge in [0, 0.05) is 12.8 Å². The number of hydrogen-bond donors (Lipinski definition) is 0. The summed E-state index contributed by atoms with van der Waals surface area (Å²) in [5, 5.41) is 11.8. The molecule has 0 N–H and O–H groups in total. The Morgan fingerprint density at radius 1 is 0.365 bits per heavy atom. The minimum absolute atomic E-state index is 0.139. The molecule has 0 aliphatic rings. The van der Waals surface area contributed by atoms with Gasteiger partial charge in [-0.1, -0.05) is 269 Å². The average molecular weight is 1180 g/mol. The Morgan fingerprint density at radius 2 is 0.671 bits per heavy atom. The average Bonchev–Trinajstić information content (AvgIpc) is 3.49. The van der Waals surface area contributed by atoms with Crippen molar-refractivity contribution < 1.29 is 42.9 Å². The molecule has 0 saturated heterocycles. The Balaban J connectivity index is 4.13. The number of aliphatic carboxylic acids is 1. The molecular formula is C76H125NO8. The third-order valence-electron chi connectivity index (χ3n) is 14.1. The van der Waals surface area contributed by atoms with E-state index in [1.54, 1.807) is 0 Å². The van der Waals surface area contributed by atoms with Crippen molar-refractivity contribution in [2.24, 2.45) is 0 Å².